The lowest BCUT2D eigenvalue weighted by molar-refractivity contribution is -0.126. The highest BCUT2D eigenvalue weighted by molar-refractivity contribution is 5.81. The minimum absolute atomic E-state index is 0.0762. The van der Waals surface area contributed by atoms with Gasteiger partial charge >= 0.3 is 0 Å². The average Bonchev–Trinajstić information content (AvgIpc) is 2.40. The maximum absolute atomic E-state index is 12.0. The molecule has 0 fully saturated rings. The molecule has 3 N–H and O–H groups in total. The van der Waals surface area contributed by atoms with Crippen molar-refractivity contribution >= 4 is 11.6 Å². The monoisotopic (exact) mass is 263 g/mol. The number of nitrogens with zero attached hydrogens (tertiary/aromatic N) is 1. The van der Waals surface area contributed by atoms with Crippen LogP contribution in [-0.4, -0.2) is 29.9 Å². The highest BCUT2D eigenvalue weighted by Crippen LogP contribution is 2.09. The maximum atomic E-state index is 12.0. The van der Waals surface area contributed by atoms with Crippen LogP contribution >= 0.6 is 0 Å². The Morgan fingerprint density at radius 2 is 1.89 bits per heavy atom. The van der Waals surface area contributed by atoms with Gasteiger partial charge in [-0.15, -0.1) is 0 Å². The van der Waals surface area contributed by atoms with Gasteiger partial charge in [0.1, 0.15) is 0 Å². The molecule has 0 saturated carbocycles. The first-order chi connectivity index (χ1) is 8.93. The van der Waals surface area contributed by atoms with Crippen LogP contribution in [0, 0.1) is 0 Å². The van der Waals surface area contributed by atoms with E-state index in [0.29, 0.717) is 0 Å². The van der Waals surface area contributed by atoms with Crippen LogP contribution in [0.25, 0.3) is 0 Å². The number of nitrogens with two attached hydrogens (primary N) is 1. The molecule has 0 bridgehead atoms. The van der Waals surface area contributed by atoms with Crippen LogP contribution in [0.4, 0.5) is 5.69 Å². The number of benzene rings is 1. The minimum atomic E-state index is -0.147. The van der Waals surface area contributed by atoms with Gasteiger partial charge in [-0.05, 0) is 45.0 Å². The van der Waals surface area contributed by atoms with E-state index < -0.39 is 0 Å². The third kappa shape index (κ3) is 4.91. The normalized spacial score (nSPS) is 14.2. The van der Waals surface area contributed by atoms with Gasteiger partial charge in [-0.25, -0.2) is 0 Å². The molecule has 19 heavy (non-hydrogen) atoms. The van der Waals surface area contributed by atoms with Gasteiger partial charge in [0.15, 0.2) is 0 Å². The molecule has 1 rings (SSSR count). The molecule has 4 nitrogen and oxygen atoms in total. The molecule has 0 aromatic heterocycles. The van der Waals surface area contributed by atoms with Crippen molar-refractivity contribution in [2.24, 2.45) is 0 Å². The third-order valence-corrected chi connectivity index (χ3v) is 3.45. The van der Waals surface area contributed by atoms with Crippen LogP contribution in [0.1, 0.15) is 32.8 Å². The van der Waals surface area contributed by atoms with Crippen molar-refractivity contribution in [1.29, 1.82) is 0 Å². The zero-order chi connectivity index (χ0) is 14.4. The number of carbonyl (C=O) groups excluding carboxylic acids is 1. The number of amides is 1. The highest BCUT2D eigenvalue weighted by Gasteiger charge is 2.19. The van der Waals surface area contributed by atoms with Gasteiger partial charge in [-0.1, -0.05) is 19.1 Å². The van der Waals surface area contributed by atoms with E-state index in [1.807, 2.05) is 50.1 Å². The second kappa shape index (κ2) is 7.14. The lowest BCUT2D eigenvalue weighted by atomic mass is 10.1. The molecule has 1 amide bonds. The molecule has 0 aliphatic rings. The quantitative estimate of drug-likeness (QED) is 0.772. The zero-order valence-electron chi connectivity index (χ0n) is 12.3. The summed E-state index contributed by atoms with van der Waals surface area (Å²) in [5.41, 5.74) is 7.57. The fourth-order valence-corrected chi connectivity index (χ4v) is 1.71. The van der Waals surface area contributed by atoms with Gasteiger partial charge in [-0.3, -0.25) is 9.69 Å². The van der Waals surface area contributed by atoms with Crippen molar-refractivity contribution in [1.82, 2.24) is 10.2 Å². The molecule has 0 spiro atoms. The number of nitrogen functional groups attached to an aromatic ring is 1. The van der Waals surface area contributed by atoms with Crippen molar-refractivity contribution in [2.45, 2.75) is 45.8 Å². The summed E-state index contributed by atoms with van der Waals surface area (Å²) in [6.45, 7) is 6.74. The number of carbonyl (C=O) groups is 1. The summed E-state index contributed by atoms with van der Waals surface area (Å²) < 4.78 is 0. The van der Waals surface area contributed by atoms with E-state index >= 15 is 0 Å². The number of nitrogens with one attached hydrogen (secondary N) is 1. The Labute approximate surface area is 116 Å². The fourth-order valence-electron chi connectivity index (χ4n) is 1.71. The molecule has 0 aliphatic carbocycles. The first-order valence-corrected chi connectivity index (χ1v) is 6.79. The van der Waals surface area contributed by atoms with Gasteiger partial charge in [-0.2, -0.15) is 0 Å². The lowest BCUT2D eigenvalue weighted by Gasteiger charge is -2.25. The Morgan fingerprint density at radius 1 is 1.32 bits per heavy atom. The average molecular weight is 263 g/mol. The topological polar surface area (TPSA) is 58.4 Å². The molecule has 0 heterocycles. The van der Waals surface area contributed by atoms with E-state index in [9.17, 15) is 4.79 Å². The van der Waals surface area contributed by atoms with E-state index in [1.54, 1.807) is 0 Å². The third-order valence-electron chi connectivity index (χ3n) is 3.45. The van der Waals surface area contributed by atoms with Crippen LogP contribution in [0.3, 0.4) is 0 Å². The summed E-state index contributed by atoms with van der Waals surface area (Å²) in [5.74, 6) is 0.0762. The molecule has 0 saturated heterocycles. The van der Waals surface area contributed by atoms with Crippen molar-refractivity contribution in [3.05, 3.63) is 29.8 Å². The largest absolute Gasteiger partial charge is 0.399 e. The summed E-state index contributed by atoms with van der Waals surface area (Å²) in [4.78, 5) is 14.1. The molecular weight excluding hydrogens is 238 g/mol. The second-order valence-corrected chi connectivity index (χ2v) is 5.15. The van der Waals surface area contributed by atoms with Crippen molar-refractivity contribution in [3.8, 4) is 0 Å². The summed E-state index contributed by atoms with van der Waals surface area (Å²) in [5, 5.41) is 3.00. The molecule has 4 heteroatoms. The van der Waals surface area contributed by atoms with Crippen molar-refractivity contribution in [3.63, 3.8) is 0 Å². The Morgan fingerprint density at radius 3 is 2.42 bits per heavy atom. The first-order valence-electron chi connectivity index (χ1n) is 6.79. The van der Waals surface area contributed by atoms with Gasteiger partial charge in [0.2, 0.25) is 5.91 Å². The Balaban J connectivity index is 2.54. The minimum Gasteiger partial charge on any atom is -0.399 e. The molecular formula is C15H25N3O. The molecule has 0 aliphatic heterocycles. The van der Waals surface area contributed by atoms with Gasteiger partial charge in [0, 0.05) is 18.3 Å². The molecule has 1 aromatic carbocycles. The predicted molar refractivity (Wildman–Crippen MR) is 79.7 cm³/mol. The molecule has 2 unspecified atom stereocenters. The van der Waals surface area contributed by atoms with Crippen LogP contribution in [-0.2, 0) is 11.3 Å². The van der Waals surface area contributed by atoms with Crippen molar-refractivity contribution in [2.75, 3.05) is 12.8 Å². The number of rotatable bonds is 6. The van der Waals surface area contributed by atoms with Crippen LogP contribution in [0.15, 0.2) is 24.3 Å². The SMILES string of the molecule is CCC(C)NC(=O)C(C)N(C)Cc1ccc(N)cc1. The predicted octanol–water partition coefficient (Wildman–Crippen LogP) is 2.00. The summed E-state index contributed by atoms with van der Waals surface area (Å²) in [6.07, 6.45) is 0.945. The van der Waals surface area contributed by atoms with Crippen LogP contribution < -0.4 is 11.1 Å². The molecule has 2 atom stereocenters. The number of hydrogen-bond donors (Lipinski definition) is 2. The van der Waals surface area contributed by atoms with Crippen molar-refractivity contribution < 1.29 is 4.79 Å². The first kappa shape index (κ1) is 15.5. The molecule has 106 valence electrons. The number of hydrogen-bond acceptors (Lipinski definition) is 3. The van der Waals surface area contributed by atoms with E-state index in [-0.39, 0.29) is 18.0 Å². The van der Waals surface area contributed by atoms with E-state index in [4.69, 9.17) is 5.73 Å². The standard InChI is InChI=1S/C15H25N3O/c1-5-11(2)17-15(19)12(3)18(4)10-13-6-8-14(16)9-7-13/h6-9,11-12H,5,10,16H2,1-4H3,(H,17,19). The van der Waals surface area contributed by atoms with E-state index in [1.165, 1.54) is 0 Å². The summed E-state index contributed by atoms with van der Waals surface area (Å²) >= 11 is 0. The molecule has 0 radical (unpaired) electrons. The van der Waals surface area contributed by atoms with E-state index in [0.717, 1.165) is 24.2 Å². The second-order valence-electron chi connectivity index (χ2n) is 5.15. The van der Waals surface area contributed by atoms with Gasteiger partial charge < -0.3 is 11.1 Å². The lowest BCUT2D eigenvalue weighted by Crippen LogP contribution is -2.45. The summed E-state index contributed by atoms with van der Waals surface area (Å²) in [7, 11) is 1.96. The maximum Gasteiger partial charge on any atom is 0.237 e. The Hall–Kier alpha value is -1.55. The van der Waals surface area contributed by atoms with Crippen LogP contribution in [0.2, 0.25) is 0 Å². The van der Waals surface area contributed by atoms with Gasteiger partial charge in [0.05, 0.1) is 6.04 Å². The smallest absolute Gasteiger partial charge is 0.237 e. The zero-order valence-corrected chi connectivity index (χ0v) is 12.3. The summed E-state index contributed by atoms with van der Waals surface area (Å²) in [6, 6.07) is 7.82. The fraction of sp³-hybridized carbons (Fsp3) is 0.533. The Kier molecular flexibility index (Phi) is 5.83. The Bertz CT molecular complexity index is 402. The highest BCUT2D eigenvalue weighted by atomic mass is 16.2. The van der Waals surface area contributed by atoms with Gasteiger partial charge in [0.25, 0.3) is 0 Å². The number of likely N-dealkylation sites (N-methyl/N-ethyl adjacent to an activating group) is 1. The molecule has 1 aromatic rings. The van der Waals surface area contributed by atoms with Crippen LogP contribution in [0.5, 0.6) is 0 Å². The van der Waals surface area contributed by atoms with E-state index in [2.05, 4.69) is 12.2 Å². The number of anilines is 1.